The van der Waals surface area contributed by atoms with Crippen LogP contribution in [0.1, 0.15) is 31.5 Å². The van der Waals surface area contributed by atoms with E-state index in [9.17, 15) is 13.6 Å². The van der Waals surface area contributed by atoms with Gasteiger partial charge >= 0.3 is 0 Å². The second-order valence-corrected chi connectivity index (χ2v) is 5.07. The Morgan fingerprint density at radius 1 is 1.38 bits per heavy atom. The molecule has 1 N–H and O–H groups in total. The lowest BCUT2D eigenvalue weighted by atomic mass is 10.1. The fourth-order valence-corrected chi connectivity index (χ4v) is 2.57. The summed E-state index contributed by atoms with van der Waals surface area (Å²) in [6.07, 6.45) is 0.735. The van der Waals surface area contributed by atoms with Crippen LogP contribution >= 0.6 is 0 Å². The molecule has 21 heavy (non-hydrogen) atoms. The lowest BCUT2D eigenvalue weighted by Crippen LogP contribution is -2.32. The third kappa shape index (κ3) is 3.39. The van der Waals surface area contributed by atoms with E-state index in [0.717, 1.165) is 6.07 Å². The van der Waals surface area contributed by atoms with Gasteiger partial charge in [0.2, 0.25) is 5.91 Å². The molecule has 4 nitrogen and oxygen atoms in total. The summed E-state index contributed by atoms with van der Waals surface area (Å²) >= 11 is 0. The minimum atomic E-state index is -0.645. The van der Waals surface area contributed by atoms with Gasteiger partial charge in [0, 0.05) is 31.9 Å². The lowest BCUT2D eigenvalue weighted by Gasteiger charge is -2.24. The van der Waals surface area contributed by atoms with Crippen molar-refractivity contribution in [1.82, 2.24) is 10.2 Å². The van der Waals surface area contributed by atoms with Crippen LogP contribution in [0.5, 0.6) is 0 Å². The summed E-state index contributed by atoms with van der Waals surface area (Å²) in [5.74, 6) is -1.32. The van der Waals surface area contributed by atoms with Gasteiger partial charge < -0.3 is 9.64 Å². The minimum absolute atomic E-state index is 0.0534. The van der Waals surface area contributed by atoms with Crippen molar-refractivity contribution in [3.05, 3.63) is 35.4 Å². The molecular weight excluding hydrogens is 278 g/mol. The van der Waals surface area contributed by atoms with Gasteiger partial charge in [0.15, 0.2) is 0 Å². The highest BCUT2D eigenvalue weighted by Gasteiger charge is 2.39. The molecule has 1 aromatic carbocycles. The van der Waals surface area contributed by atoms with Crippen LogP contribution in [-0.2, 0) is 9.53 Å². The number of amides is 1. The first kappa shape index (κ1) is 15.9. The molecule has 0 saturated carbocycles. The Bertz CT molecular complexity index is 510. The van der Waals surface area contributed by atoms with E-state index in [1.165, 1.54) is 12.1 Å². The Hall–Kier alpha value is -1.53. The van der Waals surface area contributed by atoms with E-state index < -0.39 is 17.8 Å². The number of carbonyl (C=O) groups is 1. The molecule has 2 atom stereocenters. The number of ether oxygens (including phenoxy) is 1. The van der Waals surface area contributed by atoms with Crippen LogP contribution in [0.15, 0.2) is 18.2 Å². The smallest absolute Gasteiger partial charge is 0.241 e. The quantitative estimate of drug-likeness (QED) is 0.819. The molecular formula is C15H20F2N2O2. The Morgan fingerprint density at radius 2 is 2.14 bits per heavy atom. The number of halogens is 2. The highest BCUT2D eigenvalue weighted by atomic mass is 19.1. The molecule has 1 saturated heterocycles. The molecule has 2 rings (SSSR count). The lowest BCUT2D eigenvalue weighted by molar-refractivity contribution is -0.130. The maximum absolute atomic E-state index is 14.0. The fraction of sp³-hybridized carbons (Fsp3) is 0.533. The van der Waals surface area contributed by atoms with Crippen molar-refractivity contribution in [2.24, 2.45) is 0 Å². The molecule has 116 valence electrons. The Labute approximate surface area is 123 Å². The first-order chi connectivity index (χ1) is 10.1. The fourth-order valence-electron chi connectivity index (χ4n) is 2.57. The van der Waals surface area contributed by atoms with Crippen LogP contribution in [0.25, 0.3) is 0 Å². The summed E-state index contributed by atoms with van der Waals surface area (Å²) in [6.45, 7) is 2.89. The number of rotatable bonds is 6. The van der Waals surface area contributed by atoms with Gasteiger partial charge in [-0.25, -0.2) is 8.78 Å². The van der Waals surface area contributed by atoms with Gasteiger partial charge in [-0.05, 0) is 25.0 Å². The molecule has 0 aromatic heterocycles. The number of hydrogen-bond donors (Lipinski definition) is 1. The number of nitrogens with one attached hydrogen (secondary N) is 1. The number of hydrogen-bond acceptors (Lipinski definition) is 3. The zero-order valence-corrected chi connectivity index (χ0v) is 12.2. The van der Waals surface area contributed by atoms with Crippen molar-refractivity contribution < 1.29 is 18.3 Å². The van der Waals surface area contributed by atoms with Crippen LogP contribution in [0, 0.1) is 11.6 Å². The van der Waals surface area contributed by atoms with Crippen LogP contribution in [-0.4, -0.2) is 37.1 Å². The molecule has 1 fully saturated rings. The number of methoxy groups -OCH3 is 1. The molecule has 0 spiro atoms. The number of nitrogens with zero attached hydrogens (tertiary/aromatic N) is 1. The summed E-state index contributed by atoms with van der Waals surface area (Å²) in [6, 6.07) is 3.10. The van der Waals surface area contributed by atoms with Crippen LogP contribution < -0.4 is 5.32 Å². The monoisotopic (exact) mass is 298 g/mol. The Morgan fingerprint density at radius 3 is 2.76 bits per heavy atom. The topological polar surface area (TPSA) is 41.6 Å². The average molecular weight is 298 g/mol. The van der Waals surface area contributed by atoms with Crippen LogP contribution in [0.3, 0.4) is 0 Å². The van der Waals surface area contributed by atoms with Crippen molar-refractivity contribution in [3.63, 3.8) is 0 Å². The second-order valence-electron chi connectivity index (χ2n) is 5.07. The molecule has 1 amide bonds. The summed E-state index contributed by atoms with van der Waals surface area (Å²) in [4.78, 5) is 13.9. The molecule has 1 aliphatic heterocycles. The van der Waals surface area contributed by atoms with Crippen molar-refractivity contribution in [3.8, 4) is 0 Å². The number of carbonyl (C=O) groups excluding carboxylic acids is 1. The molecule has 1 aromatic rings. The highest BCUT2D eigenvalue weighted by molar-refractivity contribution is 5.84. The Kier molecular flexibility index (Phi) is 5.25. The molecule has 0 aliphatic carbocycles. The van der Waals surface area contributed by atoms with Gasteiger partial charge in [-0.2, -0.15) is 0 Å². The summed E-state index contributed by atoms with van der Waals surface area (Å²) in [5.41, 5.74) is 0.290. The zero-order valence-electron chi connectivity index (χ0n) is 12.2. The van der Waals surface area contributed by atoms with E-state index in [2.05, 4.69) is 5.32 Å². The minimum Gasteiger partial charge on any atom is -0.385 e. The van der Waals surface area contributed by atoms with Crippen molar-refractivity contribution in [2.75, 3.05) is 20.3 Å². The molecule has 6 heteroatoms. The molecule has 2 unspecified atom stereocenters. The first-order valence-electron chi connectivity index (χ1n) is 7.09. The van der Waals surface area contributed by atoms with Crippen molar-refractivity contribution in [1.29, 1.82) is 0 Å². The van der Waals surface area contributed by atoms with Crippen molar-refractivity contribution >= 4 is 5.91 Å². The van der Waals surface area contributed by atoms with Gasteiger partial charge in [-0.3, -0.25) is 10.1 Å². The summed E-state index contributed by atoms with van der Waals surface area (Å²) in [7, 11) is 1.59. The largest absolute Gasteiger partial charge is 0.385 e. The summed E-state index contributed by atoms with van der Waals surface area (Å²) in [5, 5.41) is 3.12. The predicted octanol–water partition coefficient (Wildman–Crippen LogP) is 2.21. The van der Waals surface area contributed by atoms with Crippen molar-refractivity contribution in [2.45, 2.75) is 32.0 Å². The van der Waals surface area contributed by atoms with E-state index in [-0.39, 0.29) is 17.5 Å². The summed E-state index contributed by atoms with van der Waals surface area (Å²) < 4.78 is 32.0. The Balaban J connectivity index is 2.23. The van der Waals surface area contributed by atoms with Gasteiger partial charge in [-0.15, -0.1) is 0 Å². The van der Waals surface area contributed by atoms with Gasteiger partial charge in [-0.1, -0.05) is 6.92 Å². The zero-order chi connectivity index (χ0) is 15.4. The first-order valence-corrected chi connectivity index (χ1v) is 7.09. The van der Waals surface area contributed by atoms with Gasteiger partial charge in [0.25, 0.3) is 0 Å². The maximum Gasteiger partial charge on any atom is 0.241 e. The van der Waals surface area contributed by atoms with Crippen LogP contribution in [0.4, 0.5) is 8.78 Å². The van der Waals surface area contributed by atoms with Gasteiger partial charge in [0.05, 0.1) is 6.04 Å². The standard InChI is InChI=1S/C15H20F2N2O2/c1-3-13-15(20)19(7-4-8-21-2)14(18-13)11-6-5-10(16)9-12(11)17/h5-6,9,13-14,18H,3-4,7-8H2,1-2H3. The second kappa shape index (κ2) is 6.95. The average Bonchev–Trinajstić information content (AvgIpc) is 2.76. The third-order valence-corrected chi connectivity index (χ3v) is 3.66. The number of benzene rings is 1. The normalized spacial score (nSPS) is 22.1. The maximum atomic E-state index is 14.0. The van der Waals surface area contributed by atoms with E-state index in [0.29, 0.717) is 26.0 Å². The van der Waals surface area contributed by atoms with E-state index in [1.807, 2.05) is 6.92 Å². The van der Waals surface area contributed by atoms with E-state index in [4.69, 9.17) is 4.74 Å². The third-order valence-electron chi connectivity index (χ3n) is 3.66. The molecule has 0 radical (unpaired) electrons. The van der Waals surface area contributed by atoms with Gasteiger partial charge in [0.1, 0.15) is 17.8 Å². The molecule has 1 aliphatic rings. The predicted molar refractivity (Wildman–Crippen MR) is 74.5 cm³/mol. The van der Waals surface area contributed by atoms with E-state index >= 15 is 0 Å². The van der Waals surface area contributed by atoms with Crippen LogP contribution in [0.2, 0.25) is 0 Å². The SMILES string of the molecule is CCC1NC(c2ccc(F)cc2F)N(CCCOC)C1=O. The molecule has 0 bridgehead atoms. The molecule has 1 heterocycles. The highest BCUT2D eigenvalue weighted by Crippen LogP contribution is 2.28. The van der Waals surface area contributed by atoms with E-state index in [1.54, 1.807) is 12.0 Å².